The lowest BCUT2D eigenvalue weighted by Gasteiger charge is -2.48. The minimum absolute atomic E-state index is 0.159. The van der Waals surface area contributed by atoms with Crippen LogP contribution < -0.4 is 5.73 Å². The van der Waals surface area contributed by atoms with Crippen molar-refractivity contribution in [2.45, 2.75) is 64.6 Å². The standard InChI is InChI=1S/C15H29N3O/c1-11(2)8-14(16)15(19)18-10-13-6-4-5-7-17(13)9-12(18)3/h11-14H,4-10,16H2,1-3H3/t12?,13?,14-/m1/s1. The zero-order valence-corrected chi connectivity index (χ0v) is 12.6. The van der Waals surface area contributed by atoms with Crippen LogP contribution in [-0.4, -0.2) is 53.5 Å². The van der Waals surface area contributed by atoms with E-state index in [1.54, 1.807) is 0 Å². The van der Waals surface area contributed by atoms with Gasteiger partial charge in [0.05, 0.1) is 6.04 Å². The molecule has 2 aliphatic rings. The van der Waals surface area contributed by atoms with Crippen LogP contribution in [0.1, 0.15) is 46.5 Å². The molecule has 4 heteroatoms. The molecule has 0 bridgehead atoms. The second kappa shape index (κ2) is 6.23. The van der Waals surface area contributed by atoms with Crippen molar-refractivity contribution in [3.8, 4) is 0 Å². The van der Waals surface area contributed by atoms with Crippen LogP contribution in [0.15, 0.2) is 0 Å². The number of piperidine rings is 1. The van der Waals surface area contributed by atoms with Crippen molar-refractivity contribution in [3.63, 3.8) is 0 Å². The first-order valence-corrected chi connectivity index (χ1v) is 7.79. The number of nitrogens with zero attached hydrogens (tertiary/aromatic N) is 2. The number of fused-ring (bicyclic) bond motifs is 1. The molecular formula is C15H29N3O. The average molecular weight is 267 g/mol. The van der Waals surface area contributed by atoms with Gasteiger partial charge >= 0.3 is 0 Å². The SMILES string of the molecule is CC(C)C[C@@H](N)C(=O)N1CC2CCCCN2CC1C. The van der Waals surface area contributed by atoms with Crippen molar-refractivity contribution >= 4 is 5.91 Å². The Bertz CT molecular complexity index is 319. The van der Waals surface area contributed by atoms with Crippen LogP contribution in [0.3, 0.4) is 0 Å². The van der Waals surface area contributed by atoms with E-state index in [1.165, 1.54) is 25.8 Å². The summed E-state index contributed by atoms with van der Waals surface area (Å²) in [5.41, 5.74) is 6.07. The highest BCUT2D eigenvalue weighted by atomic mass is 16.2. The third-order valence-electron chi connectivity index (χ3n) is 4.51. The number of piperazine rings is 1. The first-order valence-electron chi connectivity index (χ1n) is 7.79. The molecule has 0 radical (unpaired) electrons. The molecule has 0 aromatic rings. The Kier molecular flexibility index (Phi) is 4.85. The lowest BCUT2D eigenvalue weighted by Crippen LogP contribution is -2.62. The van der Waals surface area contributed by atoms with Gasteiger partial charge in [-0.3, -0.25) is 9.69 Å². The molecule has 0 aliphatic carbocycles. The van der Waals surface area contributed by atoms with Gasteiger partial charge in [0.1, 0.15) is 0 Å². The monoisotopic (exact) mass is 267 g/mol. The molecule has 4 nitrogen and oxygen atoms in total. The predicted molar refractivity (Wildman–Crippen MR) is 77.8 cm³/mol. The van der Waals surface area contributed by atoms with Gasteiger partial charge in [0.25, 0.3) is 0 Å². The first-order chi connectivity index (χ1) is 8.99. The summed E-state index contributed by atoms with van der Waals surface area (Å²) in [6.45, 7) is 9.50. The quantitative estimate of drug-likeness (QED) is 0.842. The van der Waals surface area contributed by atoms with Gasteiger partial charge in [-0.05, 0) is 38.6 Å². The predicted octanol–water partition coefficient (Wildman–Crippen LogP) is 1.45. The van der Waals surface area contributed by atoms with E-state index in [1.807, 2.05) is 4.90 Å². The van der Waals surface area contributed by atoms with Crippen molar-refractivity contribution < 1.29 is 4.79 Å². The highest BCUT2D eigenvalue weighted by Gasteiger charge is 2.36. The molecule has 19 heavy (non-hydrogen) atoms. The Balaban J connectivity index is 1.97. The average Bonchev–Trinajstić information content (AvgIpc) is 2.36. The van der Waals surface area contributed by atoms with Crippen LogP contribution in [0.25, 0.3) is 0 Å². The fourth-order valence-electron chi connectivity index (χ4n) is 3.48. The van der Waals surface area contributed by atoms with Crippen LogP contribution in [0.4, 0.5) is 0 Å². The van der Waals surface area contributed by atoms with E-state index in [2.05, 4.69) is 25.7 Å². The number of nitrogens with two attached hydrogens (primary N) is 1. The molecule has 0 spiro atoms. The highest BCUT2D eigenvalue weighted by molar-refractivity contribution is 5.82. The summed E-state index contributed by atoms with van der Waals surface area (Å²) in [7, 11) is 0. The Morgan fingerprint density at radius 2 is 2.05 bits per heavy atom. The van der Waals surface area contributed by atoms with E-state index in [-0.39, 0.29) is 11.9 Å². The Hall–Kier alpha value is -0.610. The molecule has 110 valence electrons. The Morgan fingerprint density at radius 1 is 1.32 bits per heavy atom. The van der Waals surface area contributed by atoms with Crippen LogP contribution in [0, 0.1) is 5.92 Å². The molecule has 2 heterocycles. The van der Waals surface area contributed by atoms with Gasteiger partial charge in [0.2, 0.25) is 5.91 Å². The molecule has 0 aromatic heterocycles. The molecule has 3 atom stereocenters. The third kappa shape index (κ3) is 3.48. The Labute approximate surface area is 117 Å². The summed E-state index contributed by atoms with van der Waals surface area (Å²) in [4.78, 5) is 17.1. The molecule has 2 rings (SSSR count). The highest BCUT2D eigenvalue weighted by Crippen LogP contribution is 2.24. The molecule has 1 amide bonds. The summed E-state index contributed by atoms with van der Waals surface area (Å²) in [6, 6.07) is 0.554. The maximum atomic E-state index is 12.5. The number of hydrogen-bond donors (Lipinski definition) is 1. The number of rotatable bonds is 3. The van der Waals surface area contributed by atoms with Gasteiger partial charge in [-0.1, -0.05) is 20.3 Å². The topological polar surface area (TPSA) is 49.6 Å². The number of carbonyl (C=O) groups is 1. The lowest BCUT2D eigenvalue weighted by molar-refractivity contribution is -0.139. The van der Waals surface area contributed by atoms with Crippen molar-refractivity contribution in [1.82, 2.24) is 9.80 Å². The fourth-order valence-corrected chi connectivity index (χ4v) is 3.48. The van der Waals surface area contributed by atoms with Crippen LogP contribution >= 0.6 is 0 Å². The summed E-state index contributed by atoms with van der Waals surface area (Å²) in [5, 5.41) is 0. The number of amides is 1. The molecule has 2 aliphatic heterocycles. The van der Waals surface area contributed by atoms with E-state index in [4.69, 9.17) is 5.73 Å². The molecule has 0 aromatic carbocycles. The van der Waals surface area contributed by atoms with Gasteiger partial charge in [-0.2, -0.15) is 0 Å². The Morgan fingerprint density at radius 3 is 2.74 bits per heavy atom. The normalized spacial score (nSPS) is 30.3. The maximum Gasteiger partial charge on any atom is 0.239 e. The molecular weight excluding hydrogens is 238 g/mol. The second-order valence-electron chi connectivity index (χ2n) is 6.72. The van der Waals surface area contributed by atoms with Gasteiger partial charge < -0.3 is 10.6 Å². The van der Waals surface area contributed by atoms with E-state index in [9.17, 15) is 4.79 Å². The summed E-state index contributed by atoms with van der Waals surface area (Å²) < 4.78 is 0. The van der Waals surface area contributed by atoms with Gasteiger partial charge in [0, 0.05) is 25.2 Å². The van der Waals surface area contributed by atoms with Gasteiger partial charge in [0.15, 0.2) is 0 Å². The second-order valence-corrected chi connectivity index (χ2v) is 6.72. The lowest BCUT2D eigenvalue weighted by atomic mass is 9.95. The smallest absolute Gasteiger partial charge is 0.239 e. The van der Waals surface area contributed by atoms with E-state index in [0.717, 1.165) is 19.5 Å². The summed E-state index contributed by atoms with van der Waals surface area (Å²) in [5.74, 6) is 0.636. The maximum absolute atomic E-state index is 12.5. The van der Waals surface area contributed by atoms with Crippen molar-refractivity contribution in [3.05, 3.63) is 0 Å². The molecule has 2 fully saturated rings. The van der Waals surface area contributed by atoms with E-state index in [0.29, 0.717) is 18.0 Å². The summed E-state index contributed by atoms with van der Waals surface area (Å²) in [6.07, 6.45) is 4.63. The molecule has 2 saturated heterocycles. The van der Waals surface area contributed by atoms with Crippen molar-refractivity contribution in [2.75, 3.05) is 19.6 Å². The van der Waals surface area contributed by atoms with Gasteiger partial charge in [-0.15, -0.1) is 0 Å². The molecule has 2 unspecified atom stereocenters. The van der Waals surface area contributed by atoms with Crippen molar-refractivity contribution in [1.29, 1.82) is 0 Å². The molecule has 2 N–H and O–H groups in total. The van der Waals surface area contributed by atoms with E-state index < -0.39 is 0 Å². The minimum atomic E-state index is -0.322. The molecule has 0 saturated carbocycles. The van der Waals surface area contributed by atoms with Gasteiger partial charge in [-0.25, -0.2) is 0 Å². The van der Waals surface area contributed by atoms with Crippen LogP contribution in [0.5, 0.6) is 0 Å². The third-order valence-corrected chi connectivity index (χ3v) is 4.51. The van der Waals surface area contributed by atoms with Crippen LogP contribution in [0.2, 0.25) is 0 Å². The van der Waals surface area contributed by atoms with Crippen LogP contribution in [-0.2, 0) is 4.79 Å². The zero-order valence-electron chi connectivity index (χ0n) is 12.6. The number of carbonyl (C=O) groups excluding carboxylic acids is 1. The first kappa shape index (κ1) is 14.8. The zero-order chi connectivity index (χ0) is 14.0. The number of hydrogen-bond acceptors (Lipinski definition) is 3. The largest absolute Gasteiger partial charge is 0.336 e. The fraction of sp³-hybridized carbons (Fsp3) is 0.933. The van der Waals surface area contributed by atoms with E-state index >= 15 is 0 Å². The summed E-state index contributed by atoms with van der Waals surface area (Å²) >= 11 is 0. The minimum Gasteiger partial charge on any atom is -0.336 e. The van der Waals surface area contributed by atoms with Crippen molar-refractivity contribution in [2.24, 2.45) is 11.7 Å².